The molecule has 0 bridgehead atoms. The number of methoxy groups -OCH3 is 1. The summed E-state index contributed by atoms with van der Waals surface area (Å²) in [6.07, 6.45) is 1.74. The zero-order valence-electron chi connectivity index (χ0n) is 12.1. The van der Waals surface area contributed by atoms with Gasteiger partial charge in [-0.25, -0.2) is 4.79 Å². The number of hydrogen-bond acceptors (Lipinski definition) is 4. The van der Waals surface area contributed by atoms with E-state index in [1.165, 1.54) is 7.11 Å². The molecule has 0 spiro atoms. The molecule has 1 aromatic heterocycles. The van der Waals surface area contributed by atoms with E-state index in [1.807, 2.05) is 30.3 Å². The van der Waals surface area contributed by atoms with Gasteiger partial charge in [0.05, 0.1) is 12.6 Å². The molecule has 0 fully saturated rings. The van der Waals surface area contributed by atoms with E-state index in [0.29, 0.717) is 5.92 Å². The predicted molar refractivity (Wildman–Crippen MR) is 79.3 cm³/mol. The van der Waals surface area contributed by atoms with Gasteiger partial charge in [0.15, 0.2) is 0 Å². The van der Waals surface area contributed by atoms with E-state index in [1.54, 1.807) is 6.20 Å². The molecule has 0 aliphatic carbocycles. The molecule has 0 saturated carbocycles. The standard InChI is InChI=1S/C16H20N2O2/c1-11(2)10-18-15(16(19)20-3)13-8-4-6-12-7-5-9-17-14(12)13/h4-9,11,15,18H,10H2,1-3H3. The number of fused-ring (bicyclic) bond motifs is 1. The Labute approximate surface area is 119 Å². The largest absolute Gasteiger partial charge is 0.468 e. The van der Waals surface area contributed by atoms with Crippen LogP contribution in [0.25, 0.3) is 10.9 Å². The summed E-state index contributed by atoms with van der Waals surface area (Å²) in [5, 5.41) is 4.28. The maximum absolute atomic E-state index is 12.1. The molecule has 1 N–H and O–H groups in total. The van der Waals surface area contributed by atoms with Crippen molar-refractivity contribution in [1.82, 2.24) is 10.3 Å². The Morgan fingerprint density at radius 2 is 2.05 bits per heavy atom. The first kappa shape index (κ1) is 14.5. The average Bonchev–Trinajstić information content (AvgIpc) is 2.47. The van der Waals surface area contributed by atoms with Crippen molar-refractivity contribution in [1.29, 1.82) is 0 Å². The second-order valence-electron chi connectivity index (χ2n) is 5.18. The monoisotopic (exact) mass is 272 g/mol. The topological polar surface area (TPSA) is 51.2 Å². The maximum Gasteiger partial charge on any atom is 0.327 e. The third kappa shape index (κ3) is 3.14. The van der Waals surface area contributed by atoms with Crippen LogP contribution in [0.5, 0.6) is 0 Å². The SMILES string of the molecule is COC(=O)C(NCC(C)C)c1cccc2cccnc12. The summed E-state index contributed by atoms with van der Waals surface area (Å²) < 4.78 is 4.92. The van der Waals surface area contributed by atoms with Crippen LogP contribution in [0.2, 0.25) is 0 Å². The third-order valence-corrected chi connectivity index (χ3v) is 3.14. The summed E-state index contributed by atoms with van der Waals surface area (Å²) in [5.41, 5.74) is 1.69. The minimum Gasteiger partial charge on any atom is -0.468 e. The van der Waals surface area contributed by atoms with Crippen LogP contribution in [0.1, 0.15) is 25.5 Å². The fourth-order valence-electron chi connectivity index (χ4n) is 2.15. The number of hydrogen-bond donors (Lipinski definition) is 1. The van der Waals surface area contributed by atoms with Crippen molar-refractivity contribution in [3.8, 4) is 0 Å². The van der Waals surface area contributed by atoms with Crippen LogP contribution in [0.4, 0.5) is 0 Å². The molecule has 106 valence electrons. The van der Waals surface area contributed by atoms with Crippen molar-refractivity contribution in [3.05, 3.63) is 42.1 Å². The van der Waals surface area contributed by atoms with Gasteiger partial charge in [0.25, 0.3) is 0 Å². The van der Waals surface area contributed by atoms with Gasteiger partial charge in [-0.2, -0.15) is 0 Å². The van der Waals surface area contributed by atoms with Crippen molar-refractivity contribution in [3.63, 3.8) is 0 Å². The first-order valence-electron chi connectivity index (χ1n) is 6.78. The number of pyridine rings is 1. The average molecular weight is 272 g/mol. The molecule has 1 heterocycles. The van der Waals surface area contributed by atoms with E-state index in [0.717, 1.165) is 23.0 Å². The highest BCUT2D eigenvalue weighted by molar-refractivity contribution is 5.88. The Bertz CT molecular complexity index is 591. The van der Waals surface area contributed by atoms with E-state index in [4.69, 9.17) is 4.74 Å². The molecular formula is C16H20N2O2. The second kappa shape index (κ2) is 6.48. The molecule has 0 aliphatic heterocycles. The molecule has 0 radical (unpaired) electrons. The Kier molecular flexibility index (Phi) is 4.69. The Morgan fingerprint density at radius 1 is 1.30 bits per heavy atom. The summed E-state index contributed by atoms with van der Waals surface area (Å²) in [6.45, 7) is 4.94. The highest BCUT2D eigenvalue weighted by Gasteiger charge is 2.23. The molecule has 1 atom stereocenters. The normalized spacial score (nSPS) is 12.6. The molecular weight excluding hydrogens is 252 g/mol. The lowest BCUT2D eigenvalue weighted by Gasteiger charge is -2.19. The summed E-state index contributed by atoms with van der Waals surface area (Å²) in [7, 11) is 1.41. The minimum atomic E-state index is -0.485. The van der Waals surface area contributed by atoms with Gasteiger partial charge in [0, 0.05) is 17.1 Å². The van der Waals surface area contributed by atoms with E-state index in [2.05, 4.69) is 24.1 Å². The number of benzene rings is 1. The van der Waals surface area contributed by atoms with E-state index >= 15 is 0 Å². The number of carbonyl (C=O) groups excluding carboxylic acids is 1. The van der Waals surface area contributed by atoms with Gasteiger partial charge >= 0.3 is 5.97 Å². The lowest BCUT2D eigenvalue weighted by Crippen LogP contribution is -2.32. The molecule has 1 aromatic carbocycles. The van der Waals surface area contributed by atoms with Crippen LogP contribution in [-0.4, -0.2) is 24.6 Å². The van der Waals surface area contributed by atoms with Crippen LogP contribution in [0, 0.1) is 5.92 Å². The van der Waals surface area contributed by atoms with Crippen molar-refractivity contribution in [2.24, 2.45) is 5.92 Å². The predicted octanol–water partition coefficient (Wildman–Crippen LogP) is 2.69. The van der Waals surface area contributed by atoms with Gasteiger partial charge in [0.1, 0.15) is 6.04 Å². The molecule has 4 nitrogen and oxygen atoms in total. The number of nitrogens with one attached hydrogen (secondary N) is 1. The van der Waals surface area contributed by atoms with Crippen molar-refractivity contribution >= 4 is 16.9 Å². The minimum absolute atomic E-state index is 0.288. The Hall–Kier alpha value is -1.94. The lowest BCUT2D eigenvalue weighted by molar-refractivity contribution is -0.143. The maximum atomic E-state index is 12.1. The number of rotatable bonds is 5. The molecule has 2 aromatic rings. The quantitative estimate of drug-likeness (QED) is 0.850. The van der Waals surface area contributed by atoms with Crippen LogP contribution >= 0.6 is 0 Å². The van der Waals surface area contributed by atoms with Crippen molar-refractivity contribution in [2.45, 2.75) is 19.9 Å². The highest BCUT2D eigenvalue weighted by atomic mass is 16.5. The Balaban J connectivity index is 2.42. The Morgan fingerprint density at radius 3 is 2.75 bits per heavy atom. The fourth-order valence-corrected chi connectivity index (χ4v) is 2.15. The molecule has 4 heteroatoms. The van der Waals surface area contributed by atoms with E-state index in [9.17, 15) is 4.79 Å². The van der Waals surface area contributed by atoms with Gasteiger partial charge in [0.2, 0.25) is 0 Å². The van der Waals surface area contributed by atoms with Gasteiger partial charge in [-0.1, -0.05) is 38.1 Å². The molecule has 1 unspecified atom stereocenters. The summed E-state index contributed by atoms with van der Waals surface area (Å²) in [6, 6.07) is 9.24. The van der Waals surface area contributed by atoms with Gasteiger partial charge in [-0.05, 0) is 18.5 Å². The number of para-hydroxylation sites is 1. The van der Waals surface area contributed by atoms with Gasteiger partial charge in [-0.3, -0.25) is 4.98 Å². The highest BCUT2D eigenvalue weighted by Crippen LogP contribution is 2.23. The van der Waals surface area contributed by atoms with E-state index < -0.39 is 6.04 Å². The number of esters is 1. The van der Waals surface area contributed by atoms with Crippen molar-refractivity contribution in [2.75, 3.05) is 13.7 Å². The molecule has 2 rings (SSSR count). The number of ether oxygens (including phenoxy) is 1. The fraction of sp³-hybridized carbons (Fsp3) is 0.375. The smallest absolute Gasteiger partial charge is 0.327 e. The van der Waals surface area contributed by atoms with Crippen LogP contribution in [0.3, 0.4) is 0 Å². The lowest BCUT2D eigenvalue weighted by atomic mass is 10.0. The van der Waals surface area contributed by atoms with Gasteiger partial charge < -0.3 is 10.1 Å². The second-order valence-corrected chi connectivity index (χ2v) is 5.18. The first-order chi connectivity index (χ1) is 9.63. The zero-order valence-corrected chi connectivity index (χ0v) is 12.1. The van der Waals surface area contributed by atoms with E-state index in [-0.39, 0.29) is 5.97 Å². The molecule has 0 amide bonds. The van der Waals surface area contributed by atoms with Crippen LogP contribution in [0.15, 0.2) is 36.5 Å². The summed E-state index contributed by atoms with van der Waals surface area (Å²) in [4.78, 5) is 16.5. The van der Waals surface area contributed by atoms with Crippen LogP contribution in [-0.2, 0) is 9.53 Å². The van der Waals surface area contributed by atoms with Crippen molar-refractivity contribution < 1.29 is 9.53 Å². The third-order valence-electron chi connectivity index (χ3n) is 3.14. The number of aromatic nitrogens is 1. The summed E-state index contributed by atoms with van der Waals surface area (Å²) >= 11 is 0. The zero-order chi connectivity index (χ0) is 14.5. The number of carbonyl (C=O) groups is 1. The van der Waals surface area contributed by atoms with Crippen LogP contribution < -0.4 is 5.32 Å². The van der Waals surface area contributed by atoms with Gasteiger partial charge in [-0.15, -0.1) is 0 Å². The molecule has 0 saturated heterocycles. The summed E-state index contributed by atoms with van der Waals surface area (Å²) in [5.74, 6) is 0.161. The molecule has 20 heavy (non-hydrogen) atoms. The number of nitrogens with zero attached hydrogens (tertiary/aromatic N) is 1. The first-order valence-corrected chi connectivity index (χ1v) is 6.78. The molecule has 0 aliphatic rings.